The van der Waals surface area contributed by atoms with Gasteiger partial charge in [-0.05, 0) is 18.4 Å². The maximum absolute atomic E-state index is 5.99. The summed E-state index contributed by atoms with van der Waals surface area (Å²) in [6.45, 7) is 6.60. The van der Waals surface area contributed by atoms with Crippen molar-refractivity contribution in [3.05, 3.63) is 18.5 Å². The Morgan fingerprint density at radius 2 is 2.19 bits per heavy atom. The van der Waals surface area contributed by atoms with E-state index in [-0.39, 0.29) is 0 Å². The van der Waals surface area contributed by atoms with Crippen LogP contribution in [0.5, 0.6) is 0 Å². The van der Waals surface area contributed by atoms with Crippen molar-refractivity contribution in [3.8, 4) is 0 Å². The fourth-order valence-corrected chi connectivity index (χ4v) is 2.27. The quantitative estimate of drug-likeness (QED) is 0.861. The van der Waals surface area contributed by atoms with Gasteiger partial charge in [0.15, 0.2) is 0 Å². The van der Waals surface area contributed by atoms with Crippen LogP contribution in [0.25, 0.3) is 11.0 Å². The second-order valence-corrected chi connectivity index (χ2v) is 4.42. The van der Waals surface area contributed by atoms with Crippen LogP contribution in [-0.2, 0) is 0 Å². The number of anilines is 1. The van der Waals surface area contributed by atoms with Crippen molar-refractivity contribution in [1.29, 1.82) is 0 Å². The molecule has 2 heterocycles. The predicted molar refractivity (Wildman–Crippen MR) is 66.1 cm³/mol. The van der Waals surface area contributed by atoms with Crippen molar-refractivity contribution in [3.63, 3.8) is 0 Å². The lowest BCUT2D eigenvalue weighted by molar-refractivity contribution is 0.377. The molecule has 1 atom stereocenters. The van der Waals surface area contributed by atoms with Crippen LogP contribution in [-0.4, -0.2) is 14.5 Å². The molecule has 0 amide bonds. The number of fused-ring (bicyclic) bond motifs is 1. The summed E-state index contributed by atoms with van der Waals surface area (Å²) in [6, 6.07) is 2.37. The second kappa shape index (κ2) is 4.12. The van der Waals surface area contributed by atoms with Crippen LogP contribution >= 0.6 is 0 Å². The van der Waals surface area contributed by atoms with E-state index in [1.807, 2.05) is 6.07 Å². The summed E-state index contributed by atoms with van der Waals surface area (Å²) in [4.78, 5) is 8.41. The van der Waals surface area contributed by atoms with Crippen molar-refractivity contribution in [2.45, 2.75) is 33.2 Å². The molecule has 4 nitrogen and oxygen atoms in total. The molecule has 86 valence electrons. The summed E-state index contributed by atoms with van der Waals surface area (Å²) in [5.41, 5.74) is 7.94. The summed E-state index contributed by atoms with van der Waals surface area (Å²) in [6.07, 6.45) is 4.60. The largest absolute Gasteiger partial charge is 0.369 e. The van der Waals surface area contributed by atoms with Crippen molar-refractivity contribution in [1.82, 2.24) is 14.5 Å². The Labute approximate surface area is 95.5 Å². The molecule has 2 N–H and O–H groups in total. The lowest BCUT2D eigenvalue weighted by Gasteiger charge is -2.22. The number of nitrogens with two attached hydrogens (primary N) is 1. The van der Waals surface area contributed by atoms with Gasteiger partial charge in [0.25, 0.3) is 0 Å². The normalized spacial score (nSPS) is 13.5. The summed E-state index contributed by atoms with van der Waals surface area (Å²) in [5, 5.41) is 0. The Kier molecular flexibility index (Phi) is 2.81. The lowest BCUT2D eigenvalue weighted by atomic mass is 10.0. The van der Waals surface area contributed by atoms with Crippen LogP contribution in [0.3, 0.4) is 0 Å². The van der Waals surface area contributed by atoms with Gasteiger partial charge < -0.3 is 10.3 Å². The zero-order valence-corrected chi connectivity index (χ0v) is 10.0. The first-order chi connectivity index (χ1) is 7.65. The van der Waals surface area contributed by atoms with Gasteiger partial charge in [-0.1, -0.05) is 20.8 Å². The molecule has 0 saturated heterocycles. The molecule has 0 aliphatic rings. The molecule has 16 heavy (non-hydrogen) atoms. The van der Waals surface area contributed by atoms with Gasteiger partial charge in [-0.25, -0.2) is 4.98 Å². The molecular formula is C12H18N4. The van der Waals surface area contributed by atoms with Gasteiger partial charge in [0.2, 0.25) is 5.95 Å². The molecule has 2 aromatic heterocycles. The minimum Gasteiger partial charge on any atom is -0.369 e. The number of aromatic nitrogens is 3. The van der Waals surface area contributed by atoms with Crippen LogP contribution in [0, 0.1) is 5.92 Å². The van der Waals surface area contributed by atoms with Gasteiger partial charge in [-0.15, -0.1) is 0 Å². The highest BCUT2D eigenvalue weighted by Crippen LogP contribution is 2.28. The summed E-state index contributed by atoms with van der Waals surface area (Å²) < 4.78 is 2.13. The Hall–Kier alpha value is -1.58. The van der Waals surface area contributed by atoms with Crippen LogP contribution in [0.2, 0.25) is 0 Å². The van der Waals surface area contributed by atoms with Crippen molar-refractivity contribution in [2.75, 3.05) is 5.73 Å². The zero-order valence-electron chi connectivity index (χ0n) is 10.0. The van der Waals surface area contributed by atoms with Crippen LogP contribution < -0.4 is 5.73 Å². The third-order valence-corrected chi connectivity index (χ3v) is 3.04. The van der Waals surface area contributed by atoms with E-state index >= 15 is 0 Å². The highest BCUT2D eigenvalue weighted by Gasteiger charge is 2.18. The summed E-state index contributed by atoms with van der Waals surface area (Å²) in [7, 11) is 0. The highest BCUT2D eigenvalue weighted by molar-refractivity contribution is 5.77. The predicted octanol–water partition coefficient (Wildman–Crippen LogP) is 2.62. The molecule has 1 unspecified atom stereocenters. The van der Waals surface area contributed by atoms with Crippen molar-refractivity contribution >= 4 is 17.0 Å². The number of rotatable bonds is 3. The third kappa shape index (κ3) is 1.64. The first-order valence-corrected chi connectivity index (χ1v) is 5.72. The Bertz CT molecular complexity index is 487. The monoisotopic (exact) mass is 218 g/mol. The molecule has 2 aromatic rings. The van der Waals surface area contributed by atoms with E-state index in [4.69, 9.17) is 5.73 Å². The van der Waals surface area contributed by atoms with Crippen molar-refractivity contribution in [2.24, 2.45) is 5.92 Å². The highest BCUT2D eigenvalue weighted by atomic mass is 15.2. The Morgan fingerprint density at radius 1 is 1.44 bits per heavy atom. The van der Waals surface area contributed by atoms with E-state index < -0.39 is 0 Å². The summed E-state index contributed by atoms with van der Waals surface area (Å²) in [5.74, 6) is 1.13. The van der Waals surface area contributed by atoms with Gasteiger partial charge in [0.05, 0.1) is 11.7 Å². The van der Waals surface area contributed by atoms with Crippen LogP contribution in [0.1, 0.15) is 33.2 Å². The van der Waals surface area contributed by atoms with E-state index in [1.54, 1.807) is 12.4 Å². The molecule has 0 fully saturated rings. The first kappa shape index (κ1) is 10.9. The molecule has 0 aliphatic heterocycles. The molecular weight excluding hydrogens is 200 g/mol. The molecule has 0 bridgehead atoms. The molecule has 2 rings (SSSR count). The minimum atomic E-state index is 0.396. The third-order valence-electron chi connectivity index (χ3n) is 3.04. The van der Waals surface area contributed by atoms with E-state index in [0.717, 1.165) is 17.5 Å². The van der Waals surface area contributed by atoms with E-state index in [9.17, 15) is 0 Å². The molecule has 0 aromatic carbocycles. The number of hydrogen-bond acceptors (Lipinski definition) is 3. The number of nitrogens with zero attached hydrogens (tertiary/aromatic N) is 3. The van der Waals surface area contributed by atoms with E-state index in [0.29, 0.717) is 17.9 Å². The second-order valence-electron chi connectivity index (χ2n) is 4.42. The fraction of sp³-hybridized carbons (Fsp3) is 0.500. The average Bonchev–Trinajstić information content (AvgIpc) is 2.57. The maximum atomic E-state index is 5.99. The molecule has 0 spiro atoms. The Balaban J connectivity index is 2.62. The van der Waals surface area contributed by atoms with Gasteiger partial charge in [0, 0.05) is 12.2 Å². The topological polar surface area (TPSA) is 56.7 Å². The molecule has 0 aliphatic carbocycles. The number of imidazole rings is 1. The number of pyridine rings is 1. The smallest absolute Gasteiger partial charge is 0.201 e. The molecule has 0 saturated carbocycles. The zero-order chi connectivity index (χ0) is 11.7. The van der Waals surface area contributed by atoms with Crippen LogP contribution in [0.4, 0.5) is 5.95 Å². The van der Waals surface area contributed by atoms with Gasteiger partial charge in [-0.3, -0.25) is 4.98 Å². The number of nitrogen functional groups attached to an aromatic ring is 1. The number of hydrogen-bond donors (Lipinski definition) is 1. The van der Waals surface area contributed by atoms with Gasteiger partial charge in [-0.2, -0.15) is 0 Å². The minimum absolute atomic E-state index is 0.396. The molecule has 0 radical (unpaired) electrons. The average molecular weight is 218 g/mol. The Morgan fingerprint density at radius 3 is 2.81 bits per heavy atom. The van der Waals surface area contributed by atoms with E-state index in [1.165, 1.54) is 0 Å². The SMILES string of the molecule is CCC(C(C)C)n1c(N)nc2cnccc21. The fourth-order valence-electron chi connectivity index (χ4n) is 2.27. The van der Waals surface area contributed by atoms with Gasteiger partial charge in [0.1, 0.15) is 5.52 Å². The lowest BCUT2D eigenvalue weighted by Crippen LogP contribution is -2.16. The van der Waals surface area contributed by atoms with Crippen LogP contribution in [0.15, 0.2) is 18.5 Å². The maximum Gasteiger partial charge on any atom is 0.201 e. The van der Waals surface area contributed by atoms with E-state index in [2.05, 4.69) is 35.3 Å². The molecule has 4 heteroatoms. The summed E-state index contributed by atoms with van der Waals surface area (Å²) >= 11 is 0. The van der Waals surface area contributed by atoms with Crippen molar-refractivity contribution < 1.29 is 0 Å². The van der Waals surface area contributed by atoms with Gasteiger partial charge >= 0.3 is 0 Å². The standard InChI is InChI=1S/C12H18N4/c1-4-10(8(2)3)16-11-5-6-14-7-9(11)15-12(16)13/h5-8,10H,4H2,1-3H3,(H2,13,15). The first-order valence-electron chi connectivity index (χ1n) is 5.72.